The fourth-order valence-corrected chi connectivity index (χ4v) is 2.94. The second kappa shape index (κ2) is 9.18. The first-order valence-corrected chi connectivity index (χ1v) is 11.7. The van der Waals surface area contributed by atoms with Gasteiger partial charge in [0.05, 0.1) is 18.6 Å². The van der Waals surface area contributed by atoms with Crippen molar-refractivity contribution in [1.82, 2.24) is 5.32 Å². The van der Waals surface area contributed by atoms with Crippen molar-refractivity contribution in [2.24, 2.45) is 5.92 Å². The van der Waals surface area contributed by atoms with Crippen LogP contribution in [0.25, 0.3) is 0 Å². The number of rotatable bonds is 8. The molecule has 2 atom stereocenters. The van der Waals surface area contributed by atoms with Crippen molar-refractivity contribution in [3.8, 4) is 0 Å². The van der Waals surface area contributed by atoms with Crippen LogP contribution in [0.2, 0.25) is 18.1 Å². The van der Waals surface area contributed by atoms with Crippen LogP contribution >= 0.6 is 0 Å². The van der Waals surface area contributed by atoms with Crippen LogP contribution in [0.3, 0.4) is 0 Å². The summed E-state index contributed by atoms with van der Waals surface area (Å²) in [6, 6.07) is 8.64. The molecule has 6 nitrogen and oxygen atoms in total. The Balaban J connectivity index is 2.68. The Labute approximate surface area is 157 Å². The Bertz CT molecular complexity index is 598. The largest absolute Gasteiger partial charge is 0.481 e. The summed E-state index contributed by atoms with van der Waals surface area (Å²) in [6.45, 7) is 12.3. The van der Waals surface area contributed by atoms with Gasteiger partial charge in [0.2, 0.25) is 0 Å². The first kappa shape index (κ1) is 22.2. The van der Waals surface area contributed by atoms with Gasteiger partial charge in [0.1, 0.15) is 6.61 Å². The van der Waals surface area contributed by atoms with E-state index in [4.69, 9.17) is 9.16 Å². The topological polar surface area (TPSA) is 84.9 Å². The fourth-order valence-electron chi connectivity index (χ4n) is 1.91. The molecule has 0 unspecified atom stereocenters. The van der Waals surface area contributed by atoms with Crippen molar-refractivity contribution in [3.63, 3.8) is 0 Å². The number of alkyl carbamates (subject to hydrolysis) is 1. The molecule has 0 spiro atoms. The van der Waals surface area contributed by atoms with E-state index in [0.717, 1.165) is 5.56 Å². The average molecular weight is 382 g/mol. The second-order valence-electron chi connectivity index (χ2n) is 8.01. The van der Waals surface area contributed by atoms with E-state index in [1.165, 1.54) is 0 Å². The molecule has 1 rings (SSSR count). The summed E-state index contributed by atoms with van der Waals surface area (Å²) in [6.07, 6.45) is -0.647. The minimum Gasteiger partial charge on any atom is -0.481 e. The summed E-state index contributed by atoms with van der Waals surface area (Å²) in [5.74, 6) is -1.78. The molecule has 146 valence electrons. The number of hydrogen-bond acceptors (Lipinski definition) is 4. The van der Waals surface area contributed by atoms with Gasteiger partial charge in [0, 0.05) is 0 Å². The molecule has 1 aromatic rings. The molecule has 1 aromatic carbocycles. The number of amides is 1. The SMILES string of the molecule is C[C@@H](C(=O)O)[C@@H](CO[Si](C)(C)C(C)(C)C)NC(=O)OCc1ccccc1. The summed E-state index contributed by atoms with van der Waals surface area (Å²) in [7, 11) is -2.06. The van der Waals surface area contributed by atoms with Crippen molar-refractivity contribution in [2.45, 2.75) is 58.5 Å². The molecule has 0 bridgehead atoms. The maximum Gasteiger partial charge on any atom is 0.407 e. The van der Waals surface area contributed by atoms with Gasteiger partial charge in [-0.1, -0.05) is 51.1 Å². The standard InChI is InChI=1S/C19H31NO5Si/c1-14(17(21)22)16(13-25-26(5,6)19(2,3)4)20-18(23)24-12-15-10-8-7-9-11-15/h7-11,14,16H,12-13H2,1-6H3,(H,20,23)(H,21,22)/t14-,16-/m1/s1. The summed E-state index contributed by atoms with van der Waals surface area (Å²) < 4.78 is 11.3. The van der Waals surface area contributed by atoms with Gasteiger partial charge < -0.3 is 19.6 Å². The van der Waals surface area contributed by atoms with Crippen molar-refractivity contribution >= 4 is 20.4 Å². The van der Waals surface area contributed by atoms with E-state index >= 15 is 0 Å². The highest BCUT2D eigenvalue weighted by molar-refractivity contribution is 6.74. The zero-order valence-corrected chi connectivity index (χ0v) is 17.5. The molecule has 0 aliphatic rings. The number of carbonyl (C=O) groups is 2. The molecule has 0 fully saturated rings. The molecular formula is C19H31NO5Si. The molecule has 26 heavy (non-hydrogen) atoms. The van der Waals surface area contributed by atoms with E-state index < -0.39 is 32.3 Å². The predicted octanol–water partition coefficient (Wildman–Crippen LogP) is 4.02. The molecule has 0 radical (unpaired) electrons. The maximum absolute atomic E-state index is 12.1. The van der Waals surface area contributed by atoms with Crippen molar-refractivity contribution < 1.29 is 23.9 Å². The third kappa shape index (κ3) is 6.80. The lowest BCUT2D eigenvalue weighted by atomic mass is 10.0. The highest BCUT2D eigenvalue weighted by Gasteiger charge is 2.38. The van der Waals surface area contributed by atoms with E-state index in [1.807, 2.05) is 30.3 Å². The number of aliphatic carboxylic acids is 1. The van der Waals surface area contributed by atoms with Crippen LogP contribution in [0.15, 0.2) is 30.3 Å². The van der Waals surface area contributed by atoms with Crippen molar-refractivity contribution in [1.29, 1.82) is 0 Å². The maximum atomic E-state index is 12.1. The Kier molecular flexibility index (Phi) is 7.83. The lowest BCUT2D eigenvalue weighted by Crippen LogP contribution is -2.50. The average Bonchev–Trinajstić information content (AvgIpc) is 2.56. The van der Waals surface area contributed by atoms with E-state index in [0.29, 0.717) is 0 Å². The predicted molar refractivity (Wildman–Crippen MR) is 103 cm³/mol. The highest BCUT2D eigenvalue weighted by atomic mass is 28.4. The highest BCUT2D eigenvalue weighted by Crippen LogP contribution is 2.36. The monoisotopic (exact) mass is 381 g/mol. The van der Waals surface area contributed by atoms with Crippen LogP contribution in [0.5, 0.6) is 0 Å². The molecule has 0 heterocycles. The van der Waals surface area contributed by atoms with Gasteiger partial charge >= 0.3 is 12.1 Å². The molecule has 0 saturated carbocycles. The number of carboxylic acid groups (broad SMARTS) is 1. The van der Waals surface area contributed by atoms with Gasteiger partial charge in [-0.15, -0.1) is 0 Å². The Morgan fingerprint density at radius 1 is 1.19 bits per heavy atom. The quantitative estimate of drug-likeness (QED) is 0.664. The lowest BCUT2D eigenvalue weighted by Gasteiger charge is -2.37. The Morgan fingerprint density at radius 3 is 2.27 bits per heavy atom. The van der Waals surface area contributed by atoms with Gasteiger partial charge in [0.25, 0.3) is 0 Å². The number of benzene rings is 1. The first-order chi connectivity index (χ1) is 11.9. The first-order valence-electron chi connectivity index (χ1n) is 8.78. The van der Waals surface area contributed by atoms with Crippen LogP contribution in [0.4, 0.5) is 4.79 Å². The molecule has 0 aromatic heterocycles. The minimum atomic E-state index is -2.06. The van der Waals surface area contributed by atoms with Crippen LogP contribution < -0.4 is 5.32 Å². The molecule has 7 heteroatoms. The van der Waals surface area contributed by atoms with Crippen LogP contribution in [-0.4, -0.2) is 38.1 Å². The summed E-state index contributed by atoms with van der Waals surface area (Å²) in [5, 5.41) is 12.0. The molecule has 0 aliphatic heterocycles. The number of nitrogens with one attached hydrogen (secondary N) is 1. The summed E-state index contributed by atoms with van der Waals surface area (Å²) >= 11 is 0. The molecule has 0 saturated heterocycles. The number of hydrogen-bond donors (Lipinski definition) is 2. The number of carbonyl (C=O) groups excluding carboxylic acids is 1. The zero-order valence-electron chi connectivity index (χ0n) is 16.5. The Morgan fingerprint density at radius 2 is 1.77 bits per heavy atom. The zero-order chi connectivity index (χ0) is 20.0. The molecule has 1 amide bonds. The number of ether oxygens (including phenoxy) is 1. The third-order valence-corrected chi connectivity index (χ3v) is 9.44. The van der Waals surface area contributed by atoms with E-state index in [1.54, 1.807) is 6.92 Å². The Hall–Kier alpha value is -1.86. The molecule has 2 N–H and O–H groups in total. The molecular weight excluding hydrogens is 350 g/mol. The van der Waals surface area contributed by atoms with Gasteiger partial charge in [0.15, 0.2) is 8.32 Å². The van der Waals surface area contributed by atoms with E-state index in [-0.39, 0.29) is 18.3 Å². The van der Waals surface area contributed by atoms with E-state index in [2.05, 4.69) is 39.2 Å². The van der Waals surface area contributed by atoms with Crippen LogP contribution in [0, 0.1) is 5.92 Å². The van der Waals surface area contributed by atoms with Crippen LogP contribution in [0.1, 0.15) is 33.3 Å². The summed E-state index contributed by atoms with van der Waals surface area (Å²) in [4.78, 5) is 23.5. The fraction of sp³-hybridized carbons (Fsp3) is 0.579. The second-order valence-corrected chi connectivity index (χ2v) is 12.8. The molecule has 0 aliphatic carbocycles. The number of carboxylic acids is 1. The van der Waals surface area contributed by atoms with Gasteiger partial charge in [-0.2, -0.15) is 0 Å². The normalized spacial score (nSPS) is 14.4. The van der Waals surface area contributed by atoms with E-state index in [9.17, 15) is 14.7 Å². The lowest BCUT2D eigenvalue weighted by molar-refractivity contribution is -0.142. The summed E-state index contributed by atoms with van der Waals surface area (Å²) in [5.41, 5.74) is 0.864. The van der Waals surface area contributed by atoms with Gasteiger partial charge in [-0.25, -0.2) is 4.79 Å². The van der Waals surface area contributed by atoms with Crippen molar-refractivity contribution in [3.05, 3.63) is 35.9 Å². The third-order valence-electron chi connectivity index (χ3n) is 4.94. The van der Waals surface area contributed by atoms with Gasteiger partial charge in [-0.3, -0.25) is 4.79 Å². The van der Waals surface area contributed by atoms with Crippen molar-refractivity contribution in [2.75, 3.05) is 6.61 Å². The van der Waals surface area contributed by atoms with Gasteiger partial charge in [-0.05, 0) is 30.6 Å². The van der Waals surface area contributed by atoms with Crippen LogP contribution in [-0.2, 0) is 20.6 Å². The smallest absolute Gasteiger partial charge is 0.407 e. The minimum absolute atomic E-state index is 0.00215.